The van der Waals surface area contributed by atoms with Crippen molar-refractivity contribution >= 4 is 43.6 Å². The number of aromatic nitrogens is 8. The molecule has 0 amide bonds. The average molecular weight is 719 g/mol. The van der Waals surface area contributed by atoms with Crippen LogP contribution in [0.4, 0.5) is 0 Å². The van der Waals surface area contributed by atoms with E-state index in [1.54, 1.807) is 12.4 Å². The smallest absolute Gasteiger partial charge is 0.165 e. The lowest BCUT2D eigenvalue weighted by Crippen LogP contribution is -2.04. The van der Waals surface area contributed by atoms with Gasteiger partial charge in [-0.05, 0) is 24.3 Å². The first-order valence-electron chi connectivity index (χ1n) is 18.4. The quantitative estimate of drug-likeness (QED) is 0.170. The maximum absolute atomic E-state index is 5.32. The molecule has 0 unspecified atom stereocenters. The summed E-state index contributed by atoms with van der Waals surface area (Å²) in [7, 11) is 0. The highest BCUT2D eigenvalue weighted by atomic mass is 15.1. The van der Waals surface area contributed by atoms with Crippen molar-refractivity contribution in [3.05, 3.63) is 183 Å². The van der Waals surface area contributed by atoms with E-state index < -0.39 is 0 Å². The minimum absolute atomic E-state index is 0.492. The third kappa shape index (κ3) is 5.15. The van der Waals surface area contributed by atoms with Crippen LogP contribution in [0.25, 0.3) is 101 Å². The molecule has 0 aliphatic heterocycles. The number of para-hydroxylation sites is 3. The number of hydrogen-bond donors (Lipinski definition) is 0. The summed E-state index contributed by atoms with van der Waals surface area (Å²) in [6.45, 7) is 0. The summed E-state index contributed by atoms with van der Waals surface area (Å²) >= 11 is 0. The van der Waals surface area contributed by atoms with E-state index in [0.717, 1.165) is 60.6 Å². The third-order valence-electron chi connectivity index (χ3n) is 10.3. The van der Waals surface area contributed by atoms with E-state index in [4.69, 9.17) is 29.9 Å². The molecule has 6 aromatic carbocycles. The predicted molar refractivity (Wildman–Crippen MR) is 224 cm³/mol. The fraction of sp³-hybridized carbons (Fsp3) is 0. The monoisotopic (exact) mass is 718 g/mol. The second-order valence-corrected chi connectivity index (χ2v) is 13.7. The fourth-order valence-corrected chi connectivity index (χ4v) is 7.79. The zero-order valence-corrected chi connectivity index (χ0v) is 29.9. The summed E-state index contributed by atoms with van der Waals surface area (Å²) in [6, 6.07) is 54.1. The Labute approximate surface area is 321 Å². The van der Waals surface area contributed by atoms with E-state index in [1.807, 2.05) is 79.1 Å². The summed E-state index contributed by atoms with van der Waals surface area (Å²) in [5.41, 5.74) is 9.41. The van der Waals surface area contributed by atoms with Gasteiger partial charge in [-0.15, -0.1) is 0 Å². The van der Waals surface area contributed by atoms with E-state index in [2.05, 4.69) is 100 Å². The molecule has 56 heavy (non-hydrogen) atoms. The van der Waals surface area contributed by atoms with Gasteiger partial charge in [0.1, 0.15) is 5.82 Å². The highest BCUT2D eigenvalue weighted by Gasteiger charge is 2.23. The standard InChI is InChI=1S/C48H30N8/c1-4-14-31(15-5-1)46-49-27-33(28-50-46)40-26-43(54-48(53-40)34-29-51-47(52-30-34)32-16-6-2-7-17-32)56-42-23-13-11-21-37(42)39-25-24-38-36-20-10-12-22-41(36)55(44(38)45(39)56)35-18-8-3-9-19-35/h1-30H. The molecule has 0 bridgehead atoms. The van der Waals surface area contributed by atoms with Crippen molar-refractivity contribution in [2.75, 3.05) is 0 Å². The third-order valence-corrected chi connectivity index (χ3v) is 10.3. The van der Waals surface area contributed by atoms with Crippen LogP contribution in [0.5, 0.6) is 0 Å². The summed E-state index contributed by atoms with van der Waals surface area (Å²) in [6.07, 6.45) is 7.25. The molecular formula is C48H30N8. The largest absolute Gasteiger partial charge is 0.307 e. The first kappa shape index (κ1) is 31.7. The van der Waals surface area contributed by atoms with Gasteiger partial charge in [-0.25, -0.2) is 29.9 Å². The van der Waals surface area contributed by atoms with Gasteiger partial charge in [0.15, 0.2) is 17.5 Å². The van der Waals surface area contributed by atoms with Crippen molar-refractivity contribution in [3.8, 4) is 56.9 Å². The lowest BCUT2D eigenvalue weighted by molar-refractivity contribution is 1.04. The number of hydrogen-bond acceptors (Lipinski definition) is 6. The topological polar surface area (TPSA) is 87.2 Å². The van der Waals surface area contributed by atoms with E-state index in [1.165, 1.54) is 5.39 Å². The SMILES string of the molecule is c1ccc(-c2ncc(-c3cc(-n4c5ccccc5c5ccc6c7ccccc7n(-c7ccccc7)c6c54)nc(-c4cnc(-c5ccccc5)nc4)n3)cn2)cc1. The van der Waals surface area contributed by atoms with Gasteiger partial charge in [0.25, 0.3) is 0 Å². The second kappa shape index (κ2) is 12.9. The van der Waals surface area contributed by atoms with Crippen LogP contribution < -0.4 is 0 Å². The van der Waals surface area contributed by atoms with Gasteiger partial charge in [-0.1, -0.05) is 127 Å². The predicted octanol–water partition coefficient (Wildman–Crippen LogP) is 10.9. The molecule has 5 aromatic heterocycles. The summed E-state index contributed by atoms with van der Waals surface area (Å²) < 4.78 is 4.65. The van der Waals surface area contributed by atoms with Crippen LogP contribution in [0.2, 0.25) is 0 Å². The Bertz CT molecular complexity index is 3110. The lowest BCUT2D eigenvalue weighted by atomic mass is 10.1. The molecule has 0 atom stereocenters. The number of rotatable bonds is 6. The Kier molecular flexibility index (Phi) is 7.31. The van der Waals surface area contributed by atoms with Crippen molar-refractivity contribution in [3.63, 3.8) is 0 Å². The molecular weight excluding hydrogens is 689 g/mol. The Morgan fingerprint density at radius 3 is 1.38 bits per heavy atom. The summed E-state index contributed by atoms with van der Waals surface area (Å²) in [4.78, 5) is 29.5. The van der Waals surface area contributed by atoms with Gasteiger partial charge in [-0.2, -0.15) is 0 Å². The van der Waals surface area contributed by atoms with Gasteiger partial charge >= 0.3 is 0 Å². The van der Waals surface area contributed by atoms with Gasteiger partial charge in [0.05, 0.1) is 33.3 Å². The van der Waals surface area contributed by atoms with Gasteiger partial charge in [0, 0.05) is 74.8 Å². The van der Waals surface area contributed by atoms with Crippen molar-refractivity contribution in [1.82, 2.24) is 39.0 Å². The maximum atomic E-state index is 5.32. The number of benzene rings is 6. The zero-order chi connectivity index (χ0) is 37.0. The molecule has 11 rings (SSSR count). The van der Waals surface area contributed by atoms with Gasteiger partial charge in [0.2, 0.25) is 0 Å². The van der Waals surface area contributed by atoms with Crippen LogP contribution >= 0.6 is 0 Å². The van der Waals surface area contributed by atoms with Crippen molar-refractivity contribution in [2.45, 2.75) is 0 Å². The molecule has 0 aliphatic rings. The highest BCUT2D eigenvalue weighted by Crippen LogP contribution is 2.42. The minimum atomic E-state index is 0.492. The molecule has 0 saturated carbocycles. The van der Waals surface area contributed by atoms with Crippen LogP contribution in [0.1, 0.15) is 0 Å². The maximum Gasteiger partial charge on any atom is 0.165 e. The average Bonchev–Trinajstić information content (AvgIpc) is 3.80. The van der Waals surface area contributed by atoms with Crippen LogP contribution in [-0.4, -0.2) is 39.0 Å². The number of fused-ring (bicyclic) bond motifs is 7. The molecule has 11 aromatic rings. The van der Waals surface area contributed by atoms with Crippen LogP contribution in [0.15, 0.2) is 183 Å². The second-order valence-electron chi connectivity index (χ2n) is 13.7. The molecule has 262 valence electrons. The van der Waals surface area contributed by atoms with Gasteiger partial charge < -0.3 is 4.57 Å². The highest BCUT2D eigenvalue weighted by molar-refractivity contribution is 6.23. The molecule has 8 heteroatoms. The first-order chi connectivity index (χ1) is 27.8. The van der Waals surface area contributed by atoms with Gasteiger partial charge in [-0.3, -0.25) is 4.57 Å². The van der Waals surface area contributed by atoms with E-state index in [9.17, 15) is 0 Å². The Morgan fingerprint density at radius 1 is 0.339 bits per heavy atom. The number of nitrogens with zero attached hydrogens (tertiary/aromatic N) is 8. The molecule has 0 radical (unpaired) electrons. The molecule has 0 spiro atoms. The van der Waals surface area contributed by atoms with Crippen molar-refractivity contribution < 1.29 is 0 Å². The van der Waals surface area contributed by atoms with E-state index in [0.29, 0.717) is 34.5 Å². The minimum Gasteiger partial charge on any atom is -0.307 e. The summed E-state index contributed by atoms with van der Waals surface area (Å²) in [5, 5.41) is 4.59. The van der Waals surface area contributed by atoms with Crippen LogP contribution in [-0.2, 0) is 0 Å². The Hall–Kier alpha value is -7.84. The van der Waals surface area contributed by atoms with Crippen LogP contribution in [0.3, 0.4) is 0 Å². The van der Waals surface area contributed by atoms with Crippen molar-refractivity contribution in [2.24, 2.45) is 0 Å². The molecule has 8 nitrogen and oxygen atoms in total. The normalized spacial score (nSPS) is 11.6. The Morgan fingerprint density at radius 2 is 0.804 bits per heavy atom. The molecule has 0 N–H and O–H groups in total. The van der Waals surface area contributed by atoms with Crippen molar-refractivity contribution in [1.29, 1.82) is 0 Å². The summed E-state index contributed by atoms with van der Waals surface area (Å²) in [5.74, 6) is 2.47. The molecule has 0 aliphatic carbocycles. The lowest BCUT2D eigenvalue weighted by Gasteiger charge is -2.14. The zero-order valence-electron chi connectivity index (χ0n) is 29.9. The molecule has 0 fully saturated rings. The Balaban J connectivity index is 1.20. The van der Waals surface area contributed by atoms with E-state index >= 15 is 0 Å². The van der Waals surface area contributed by atoms with Crippen LogP contribution in [0, 0.1) is 0 Å². The molecule has 5 heterocycles. The first-order valence-corrected chi connectivity index (χ1v) is 18.4. The van der Waals surface area contributed by atoms with E-state index in [-0.39, 0.29) is 0 Å². The fourth-order valence-electron chi connectivity index (χ4n) is 7.79. The molecule has 0 saturated heterocycles.